The van der Waals surface area contributed by atoms with E-state index in [0.717, 1.165) is 4.88 Å². The van der Waals surface area contributed by atoms with Gasteiger partial charge in [-0.25, -0.2) is 9.18 Å². The molecule has 0 spiro atoms. The third-order valence-corrected chi connectivity index (χ3v) is 7.80. The summed E-state index contributed by atoms with van der Waals surface area (Å²) in [4.78, 5) is 48.2. The Morgan fingerprint density at radius 3 is 2.54 bits per heavy atom. The summed E-state index contributed by atoms with van der Waals surface area (Å²) >= 11 is 1.59. The van der Waals surface area contributed by atoms with Gasteiger partial charge in [0.2, 0.25) is 0 Å². The summed E-state index contributed by atoms with van der Waals surface area (Å²) in [6.07, 6.45) is 3.15. The van der Waals surface area contributed by atoms with Crippen molar-refractivity contribution in [1.29, 1.82) is 0 Å². The van der Waals surface area contributed by atoms with E-state index in [4.69, 9.17) is 0 Å². The topological polar surface area (TPSA) is 82.6 Å². The Labute approximate surface area is 206 Å². The molecule has 35 heavy (non-hydrogen) atoms. The van der Waals surface area contributed by atoms with Crippen LogP contribution in [0.5, 0.6) is 0 Å². The third kappa shape index (κ3) is 4.20. The van der Waals surface area contributed by atoms with Crippen LogP contribution in [-0.4, -0.2) is 52.3 Å². The molecule has 4 amide bonds. The Kier molecular flexibility index (Phi) is 6.34. The minimum absolute atomic E-state index is 0.0374. The van der Waals surface area contributed by atoms with Crippen LogP contribution in [0.15, 0.2) is 66.2 Å². The van der Waals surface area contributed by atoms with Crippen LogP contribution in [0.2, 0.25) is 0 Å². The first-order chi connectivity index (χ1) is 17.0. The molecule has 5 rings (SSSR count). The van der Waals surface area contributed by atoms with Crippen molar-refractivity contribution in [2.24, 2.45) is 5.92 Å². The first-order valence-corrected chi connectivity index (χ1v) is 12.5. The summed E-state index contributed by atoms with van der Waals surface area (Å²) in [6.45, 7) is 0.986. The molecular weight excluding hydrogens is 467 g/mol. The molecule has 2 aliphatic heterocycles. The lowest BCUT2D eigenvalue weighted by Crippen LogP contribution is -2.54. The lowest BCUT2D eigenvalue weighted by Gasteiger charge is -2.40. The molecule has 1 atom stereocenters. The Bertz CT molecular complexity index is 1230. The number of amides is 4. The highest BCUT2D eigenvalue weighted by atomic mass is 32.1. The molecule has 1 N–H and O–H groups in total. The van der Waals surface area contributed by atoms with Crippen molar-refractivity contribution in [3.63, 3.8) is 0 Å². The lowest BCUT2D eigenvalue weighted by molar-refractivity contribution is -0.134. The molecule has 0 unspecified atom stereocenters. The number of carbonyl (C=O) groups excluding carboxylic acids is 3. The fourth-order valence-electron chi connectivity index (χ4n) is 5.05. The molecule has 2 fully saturated rings. The van der Waals surface area contributed by atoms with Crippen LogP contribution in [-0.2, 0) is 16.8 Å². The number of nitrogens with zero attached hydrogens (tertiary/aromatic N) is 3. The molecule has 0 aliphatic carbocycles. The van der Waals surface area contributed by atoms with E-state index in [0.29, 0.717) is 38.0 Å². The summed E-state index contributed by atoms with van der Waals surface area (Å²) in [7, 11) is 0. The number of halogens is 1. The first-order valence-electron chi connectivity index (χ1n) is 11.6. The number of aromatic nitrogens is 1. The average Bonchev–Trinajstić information content (AvgIpc) is 3.50. The van der Waals surface area contributed by atoms with Gasteiger partial charge >= 0.3 is 6.03 Å². The van der Waals surface area contributed by atoms with Gasteiger partial charge in [-0.15, -0.1) is 11.3 Å². The zero-order chi connectivity index (χ0) is 24.4. The Morgan fingerprint density at radius 1 is 1.09 bits per heavy atom. The highest BCUT2D eigenvalue weighted by molar-refractivity contribution is 7.09. The number of hydrogen-bond acceptors (Lipinski definition) is 5. The molecule has 2 aromatic heterocycles. The molecule has 0 saturated carbocycles. The van der Waals surface area contributed by atoms with E-state index in [1.54, 1.807) is 52.8 Å². The number of rotatable bonds is 6. The molecule has 1 aromatic carbocycles. The van der Waals surface area contributed by atoms with Gasteiger partial charge in [0.1, 0.15) is 5.82 Å². The van der Waals surface area contributed by atoms with E-state index in [-0.39, 0.29) is 29.8 Å². The van der Waals surface area contributed by atoms with E-state index in [1.807, 2.05) is 17.5 Å². The molecule has 180 valence electrons. The standard InChI is InChI=1S/C26H25FN4O3S/c27-21-8-2-1-7-20(21)23(32)30-14-10-18(11-15-30)26(22-9-3-4-13-28-22)24(33)31(25(34)29-26)16-12-19-6-5-17-35-19/h1-9,13,17-18H,10-12,14-16H2,(H,29,34)/t26-/m0/s1. The Balaban J connectivity index is 1.38. The van der Waals surface area contributed by atoms with Gasteiger partial charge in [0.25, 0.3) is 11.8 Å². The van der Waals surface area contributed by atoms with E-state index < -0.39 is 17.4 Å². The molecule has 2 aliphatic rings. The second kappa shape index (κ2) is 9.58. The zero-order valence-electron chi connectivity index (χ0n) is 19.0. The number of nitrogens with one attached hydrogen (secondary N) is 1. The Morgan fingerprint density at radius 2 is 1.86 bits per heavy atom. The van der Waals surface area contributed by atoms with Crippen molar-refractivity contribution in [3.05, 3.63) is 88.1 Å². The number of likely N-dealkylation sites (tertiary alicyclic amines) is 1. The first kappa shape index (κ1) is 23.2. The maximum absolute atomic E-state index is 14.2. The van der Waals surface area contributed by atoms with Gasteiger partial charge in [-0.2, -0.15) is 0 Å². The van der Waals surface area contributed by atoms with Crippen molar-refractivity contribution >= 4 is 29.2 Å². The number of benzene rings is 1. The van der Waals surface area contributed by atoms with Crippen LogP contribution in [0.3, 0.4) is 0 Å². The van der Waals surface area contributed by atoms with Gasteiger partial charge in [0.15, 0.2) is 5.54 Å². The molecule has 2 saturated heterocycles. The summed E-state index contributed by atoms with van der Waals surface area (Å²) < 4.78 is 14.2. The number of thiophene rings is 1. The average molecular weight is 493 g/mol. The molecule has 0 radical (unpaired) electrons. The van der Waals surface area contributed by atoms with E-state index >= 15 is 0 Å². The van der Waals surface area contributed by atoms with E-state index in [2.05, 4.69) is 10.3 Å². The van der Waals surface area contributed by atoms with Crippen LogP contribution >= 0.6 is 11.3 Å². The number of urea groups is 1. The van der Waals surface area contributed by atoms with Crippen LogP contribution < -0.4 is 5.32 Å². The smallest absolute Gasteiger partial charge is 0.325 e. The summed E-state index contributed by atoms with van der Waals surface area (Å²) in [6, 6.07) is 14.8. The molecular formula is C26H25FN4O3S. The fourth-order valence-corrected chi connectivity index (χ4v) is 5.75. The van der Waals surface area contributed by atoms with Gasteiger partial charge in [0, 0.05) is 36.6 Å². The number of piperidine rings is 1. The highest BCUT2D eigenvalue weighted by Gasteiger charge is 2.58. The van der Waals surface area contributed by atoms with Gasteiger partial charge in [-0.3, -0.25) is 19.5 Å². The fraction of sp³-hybridized carbons (Fsp3) is 0.308. The normalized spacial score (nSPS) is 20.8. The maximum Gasteiger partial charge on any atom is 0.325 e. The van der Waals surface area contributed by atoms with Crippen LogP contribution in [0, 0.1) is 11.7 Å². The molecule has 7 nitrogen and oxygen atoms in total. The minimum atomic E-state index is -1.29. The van der Waals surface area contributed by atoms with E-state index in [9.17, 15) is 18.8 Å². The summed E-state index contributed by atoms with van der Waals surface area (Å²) in [5.41, 5.74) is -0.757. The van der Waals surface area contributed by atoms with Crippen molar-refractivity contribution < 1.29 is 18.8 Å². The van der Waals surface area contributed by atoms with Gasteiger partial charge in [0.05, 0.1) is 11.3 Å². The minimum Gasteiger partial charge on any atom is -0.339 e. The predicted molar refractivity (Wildman–Crippen MR) is 129 cm³/mol. The second-order valence-corrected chi connectivity index (χ2v) is 9.82. The quantitative estimate of drug-likeness (QED) is 0.531. The monoisotopic (exact) mass is 492 g/mol. The number of imide groups is 1. The second-order valence-electron chi connectivity index (χ2n) is 8.79. The van der Waals surface area contributed by atoms with Gasteiger partial charge in [-0.05, 0) is 55.0 Å². The zero-order valence-corrected chi connectivity index (χ0v) is 19.8. The molecule has 4 heterocycles. The van der Waals surface area contributed by atoms with Crippen molar-refractivity contribution in [2.75, 3.05) is 19.6 Å². The number of carbonyl (C=O) groups is 3. The SMILES string of the molecule is O=C(c1ccccc1F)N1CCC([C@@]2(c3ccccn3)NC(=O)N(CCc3cccs3)C2=O)CC1. The predicted octanol–water partition coefficient (Wildman–Crippen LogP) is 3.82. The lowest BCUT2D eigenvalue weighted by atomic mass is 9.75. The van der Waals surface area contributed by atoms with Crippen molar-refractivity contribution in [3.8, 4) is 0 Å². The maximum atomic E-state index is 14.2. The Hall–Kier alpha value is -3.59. The van der Waals surface area contributed by atoms with Crippen LogP contribution in [0.1, 0.15) is 33.8 Å². The molecule has 3 aromatic rings. The number of pyridine rings is 1. The summed E-state index contributed by atoms with van der Waals surface area (Å²) in [5.74, 6) is -1.49. The van der Waals surface area contributed by atoms with Crippen LogP contribution in [0.25, 0.3) is 0 Å². The molecule has 0 bridgehead atoms. The largest absolute Gasteiger partial charge is 0.339 e. The third-order valence-electron chi connectivity index (χ3n) is 6.86. The van der Waals surface area contributed by atoms with Crippen molar-refractivity contribution in [2.45, 2.75) is 24.8 Å². The molecule has 9 heteroatoms. The highest BCUT2D eigenvalue weighted by Crippen LogP contribution is 2.41. The van der Waals surface area contributed by atoms with Crippen LogP contribution in [0.4, 0.5) is 9.18 Å². The van der Waals surface area contributed by atoms with Gasteiger partial charge < -0.3 is 10.2 Å². The number of hydrogen-bond donors (Lipinski definition) is 1. The summed E-state index contributed by atoms with van der Waals surface area (Å²) in [5, 5.41) is 4.95. The van der Waals surface area contributed by atoms with Crippen molar-refractivity contribution in [1.82, 2.24) is 20.1 Å². The van der Waals surface area contributed by atoms with Gasteiger partial charge in [-0.1, -0.05) is 24.3 Å². The van der Waals surface area contributed by atoms with E-state index in [1.165, 1.54) is 17.0 Å².